The summed E-state index contributed by atoms with van der Waals surface area (Å²) < 4.78 is 2.55. The molecule has 0 unspecified atom stereocenters. The Hall–Kier alpha value is 0.490. The molecule has 0 bridgehead atoms. The maximum atomic E-state index is 3.62. The van der Waals surface area contributed by atoms with E-state index >= 15 is 0 Å². The van der Waals surface area contributed by atoms with Gasteiger partial charge in [0.2, 0.25) is 0 Å². The molecule has 0 spiro atoms. The van der Waals surface area contributed by atoms with Crippen LogP contribution >= 0.6 is 55.0 Å². The largest absolute Gasteiger partial charge is 0.144 e. The van der Waals surface area contributed by atoms with Crippen LogP contribution in [0.3, 0.4) is 0 Å². The fourth-order valence-electron chi connectivity index (χ4n) is 1.48. The van der Waals surface area contributed by atoms with Crippen LogP contribution in [0, 0.1) is 0 Å². The summed E-state index contributed by atoms with van der Waals surface area (Å²) in [5.74, 6) is 0. The molecule has 0 fully saturated rings. The Labute approximate surface area is 108 Å². The summed E-state index contributed by atoms with van der Waals surface area (Å²) in [4.78, 5) is 1.34. The van der Waals surface area contributed by atoms with Gasteiger partial charge in [0.05, 0.1) is 0 Å². The van der Waals surface area contributed by atoms with Gasteiger partial charge in [-0.3, -0.25) is 0 Å². The summed E-state index contributed by atoms with van der Waals surface area (Å²) in [6, 6.07) is 4.40. The van der Waals surface area contributed by atoms with Crippen molar-refractivity contribution in [1.29, 1.82) is 0 Å². The normalized spacial score (nSPS) is 11.1. The zero-order valence-electron chi connectivity index (χ0n) is 7.51. The van der Waals surface area contributed by atoms with Crippen molar-refractivity contribution in [3.8, 4) is 0 Å². The summed E-state index contributed by atoms with van der Waals surface area (Å²) in [5, 5.41) is 4.43. The monoisotopic (exact) mass is 350 g/mol. The molecule has 14 heavy (non-hydrogen) atoms. The van der Waals surface area contributed by atoms with Crippen molar-refractivity contribution in [2.24, 2.45) is 0 Å². The Bertz CT molecular complexity index is 462. The van der Waals surface area contributed by atoms with Gasteiger partial charge in [-0.1, -0.05) is 15.9 Å². The van der Waals surface area contributed by atoms with Crippen LogP contribution in [-0.2, 0) is 5.33 Å². The van der Waals surface area contributed by atoms with E-state index in [0.717, 1.165) is 5.33 Å². The number of benzene rings is 1. The molecule has 74 valence electrons. The van der Waals surface area contributed by atoms with E-state index in [-0.39, 0.29) is 0 Å². The van der Waals surface area contributed by atoms with E-state index in [1.165, 1.54) is 25.0 Å². The zero-order valence-corrected chi connectivity index (χ0v) is 12.3. The Kier molecular flexibility index (Phi) is 3.58. The van der Waals surface area contributed by atoms with E-state index < -0.39 is 0 Å². The van der Waals surface area contributed by atoms with Crippen LogP contribution in [0.1, 0.15) is 5.56 Å². The number of thioether (sulfide) groups is 1. The molecule has 0 N–H and O–H groups in total. The van der Waals surface area contributed by atoms with E-state index in [0.29, 0.717) is 0 Å². The Morgan fingerprint density at radius 3 is 2.93 bits per heavy atom. The van der Waals surface area contributed by atoms with Gasteiger partial charge in [0, 0.05) is 19.4 Å². The lowest BCUT2D eigenvalue weighted by molar-refractivity contribution is 1.30. The first-order valence-electron chi connectivity index (χ1n) is 4.06. The lowest BCUT2D eigenvalue weighted by Gasteiger charge is -2.08. The number of halogens is 2. The SMILES string of the molecule is CSc1c(Br)cc2sccc2c1CBr. The predicted molar refractivity (Wildman–Crippen MR) is 73.9 cm³/mol. The van der Waals surface area contributed by atoms with Gasteiger partial charge in [0.1, 0.15) is 0 Å². The molecule has 0 aliphatic rings. The highest BCUT2D eigenvalue weighted by atomic mass is 79.9. The minimum Gasteiger partial charge on any atom is -0.144 e. The van der Waals surface area contributed by atoms with Crippen molar-refractivity contribution in [2.75, 3.05) is 6.26 Å². The second kappa shape index (κ2) is 4.56. The summed E-state index contributed by atoms with van der Waals surface area (Å²) >= 11 is 10.8. The van der Waals surface area contributed by atoms with E-state index in [1.54, 1.807) is 23.1 Å². The highest BCUT2D eigenvalue weighted by Gasteiger charge is 2.10. The number of thiophene rings is 1. The van der Waals surface area contributed by atoms with Gasteiger partial charge >= 0.3 is 0 Å². The van der Waals surface area contributed by atoms with Crippen molar-refractivity contribution in [2.45, 2.75) is 10.2 Å². The van der Waals surface area contributed by atoms with Crippen LogP contribution in [0.2, 0.25) is 0 Å². The molecule has 0 aliphatic carbocycles. The van der Waals surface area contributed by atoms with Gasteiger partial charge < -0.3 is 0 Å². The number of fused-ring (bicyclic) bond motifs is 1. The second-order valence-corrected chi connectivity index (χ2v) is 6.02. The van der Waals surface area contributed by atoms with Crippen LogP contribution < -0.4 is 0 Å². The van der Waals surface area contributed by atoms with Gasteiger partial charge in [-0.15, -0.1) is 23.1 Å². The fourth-order valence-corrected chi connectivity index (χ4v) is 4.89. The van der Waals surface area contributed by atoms with Crippen LogP contribution in [0.15, 0.2) is 26.9 Å². The van der Waals surface area contributed by atoms with Gasteiger partial charge in [0.15, 0.2) is 0 Å². The van der Waals surface area contributed by atoms with E-state index in [4.69, 9.17) is 0 Å². The maximum Gasteiger partial charge on any atom is 0.0357 e. The average Bonchev–Trinajstić information content (AvgIpc) is 2.62. The van der Waals surface area contributed by atoms with Gasteiger partial charge in [-0.05, 0) is 50.6 Å². The van der Waals surface area contributed by atoms with Gasteiger partial charge in [0.25, 0.3) is 0 Å². The first-order valence-corrected chi connectivity index (χ1v) is 8.08. The molecule has 0 amide bonds. The van der Waals surface area contributed by atoms with Crippen molar-refractivity contribution >= 4 is 65.0 Å². The van der Waals surface area contributed by atoms with Crippen molar-refractivity contribution in [3.63, 3.8) is 0 Å². The number of alkyl halides is 1. The van der Waals surface area contributed by atoms with E-state index in [1.807, 2.05) is 0 Å². The van der Waals surface area contributed by atoms with Gasteiger partial charge in [-0.25, -0.2) is 0 Å². The van der Waals surface area contributed by atoms with E-state index in [2.05, 4.69) is 55.6 Å². The average molecular weight is 352 g/mol. The molecule has 0 atom stereocenters. The minimum atomic E-state index is 0.913. The Morgan fingerprint density at radius 2 is 2.29 bits per heavy atom. The third-order valence-corrected chi connectivity index (χ3v) is 5.29. The third-order valence-electron chi connectivity index (χ3n) is 2.11. The maximum absolute atomic E-state index is 3.62. The first kappa shape index (κ1) is 11.0. The molecule has 1 aromatic heterocycles. The predicted octanol–water partition coefficient (Wildman–Crippen LogP) is 5.28. The number of rotatable bonds is 2. The molecule has 2 aromatic rings. The van der Waals surface area contributed by atoms with Crippen LogP contribution in [0.5, 0.6) is 0 Å². The van der Waals surface area contributed by atoms with Crippen molar-refractivity contribution in [3.05, 3.63) is 27.5 Å². The molecule has 0 radical (unpaired) electrons. The molecular weight excluding hydrogens is 344 g/mol. The smallest absolute Gasteiger partial charge is 0.0357 e. The summed E-state index contributed by atoms with van der Waals surface area (Å²) in [7, 11) is 0. The minimum absolute atomic E-state index is 0.913. The fraction of sp³-hybridized carbons (Fsp3) is 0.200. The summed E-state index contributed by atoms with van der Waals surface area (Å²) in [6.45, 7) is 0. The van der Waals surface area contributed by atoms with Crippen LogP contribution in [-0.4, -0.2) is 6.26 Å². The summed E-state index contributed by atoms with van der Waals surface area (Å²) in [5.41, 5.74) is 1.39. The molecule has 0 saturated heterocycles. The second-order valence-electron chi connectivity index (χ2n) is 2.84. The molecular formula is C10H8Br2S2. The van der Waals surface area contributed by atoms with Gasteiger partial charge in [-0.2, -0.15) is 0 Å². The third kappa shape index (κ3) is 1.77. The van der Waals surface area contributed by atoms with Crippen molar-refractivity contribution < 1.29 is 0 Å². The molecule has 0 aliphatic heterocycles. The standard InChI is InChI=1S/C10H8Br2S2/c1-13-10-7(5-11)6-2-3-14-9(6)4-8(10)12/h2-4H,5H2,1H3. The summed E-state index contributed by atoms with van der Waals surface area (Å²) in [6.07, 6.45) is 2.12. The molecule has 0 nitrogen and oxygen atoms in total. The first-order chi connectivity index (χ1) is 6.77. The Morgan fingerprint density at radius 1 is 1.50 bits per heavy atom. The lowest BCUT2D eigenvalue weighted by atomic mass is 10.1. The van der Waals surface area contributed by atoms with Crippen LogP contribution in [0.4, 0.5) is 0 Å². The quantitative estimate of drug-likeness (QED) is 0.523. The molecule has 4 heteroatoms. The lowest BCUT2D eigenvalue weighted by Crippen LogP contribution is -1.85. The Balaban J connectivity index is 2.82. The van der Waals surface area contributed by atoms with Crippen molar-refractivity contribution in [1.82, 2.24) is 0 Å². The molecule has 0 saturated carbocycles. The molecule has 2 rings (SSSR count). The molecule has 1 aromatic carbocycles. The highest BCUT2D eigenvalue weighted by Crippen LogP contribution is 2.38. The highest BCUT2D eigenvalue weighted by molar-refractivity contribution is 9.10. The topological polar surface area (TPSA) is 0 Å². The van der Waals surface area contributed by atoms with E-state index in [9.17, 15) is 0 Å². The van der Waals surface area contributed by atoms with Crippen LogP contribution in [0.25, 0.3) is 10.1 Å². The molecule has 1 heterocycles. The number of hydrogen-bond acceptors (Lipinski definition) is 2. The zero-order chi connectivity index (χ0) is 10.1. The number of hydrogen-bond donors (Lipinski definition) is 0.